The van der Waals surface area contributed by atoms with Crippen LogP contribution >= 0.6 is 0 Å². The van der Waals surface area contributed by atoms with E-state index in [0.717, 1.165) is 25.7 Å². The van der Waals surface area contributed by atoms with Crippen LogP contribution in [0.5, 0.6) is 11.5 Å². The van der Waals surface area contributed by atoms with Crippen molar-refractivity contribution in [1.29, 1.82) is 5.26 Å². The van der Waals surface area contributed by atoms with Crippen LogP contribution in [0.4, 0.5) is 0 Å². The largest absolute Gasteiger partial charge is 0.504 e. The molecule has 1 aromatic carbocycles. The van der Waals surface area contributed by atoms with Crippen molar-refractivity contribution in [3.05, 3.63) is 23.3 Å². The number of benzene rings is 1. The van der Waals surface area contributed by atoms with Gasteiger partial charge in [-0.15, -0.1) is 0 Å². The number of aromatic hydroxyl groups is 1. The van der Waals surface area contributed by atoms with E-state index in [1.165, 1.54) is 19.2 Å². The van der Waals surface area contributed by atoms with Crippen molar-refractivity contribution in [3.63, 3.8) is 0 Å². The van der Waals surface area contributed by atoms with Crippen molar-refractivity contribution in [1.82, 2.24) is 0 Å². The Kier molecular flexibility index (Phi) is 3.52. The maximum atomic E-state index is 12.3. The van der Waals surface area contributed by atoms with Gasteiger partial charge in [-0.05, 0) is 18.9 Å². The third kappa shape index (κ3) is 2.17. The molecule has 1 aliphatic carbocycles. The lowest BCUT2D eigenvalue weighted by atomic mass is 9.93. The molecule has 0 heterocycles. The number of ketones is 1. The average Bonchev–Trinajstić information content (AvgIpc) is 2.91. The van der Waals surface area contributed by atoms with E-state index in [4.69, 9.17) is 10.00 Å². The van der Waals surface area contributed by atoms with Gasteiger partial charge in [0.15, 0.2) is 17.3 Å². The van der Waals surface area contributed by atoms with E-state index in [0.29, 0.717) is 5.56 Å². The zero-order valence-electron chi connectivity index (χ0n) is 10.3. The number of phenolic OH excluding ortho intramolecular Hbond substituents is 1. The predicted molar refractivity (Wildman–Crippen MR) is 65.7 cm³/mol. The molecular weight excluding hydrogens is 230 g/mol. The summed E-state index contributed by atoms with van der Waals surface area (Å²) in [5.41, 5.74) is 0.573. The monoisotopic (exact) mass is 245 g/mol. The van der Waals surface area contributed by atoms with Gasteiger partial charge in [0.25, 0.3) is 0 Å². The Bertz CT molecular complexity index is 511. The normalized spacial score (nSPS) is 15.3. The molecule has 0 atom stereocenters. The third-order valence-corrected chi connectivity index (χ3v) is 3.43. The smallest absolute Gasteiger partial charge is 0.167 e. The number of Topliss-reactive ketones (excluding diaryl/α,β-unsaturated/α-hetero) is 1. The highest BCUT2D eigenvalue weighted by Crippen LogP contribution is 2.33. The summed E-state index contributed by atoms with van der Waals surface area (Å²) in [7, 11) is 1.41. The fourth-order valence-electron chi connectivity index (χ4n) is 2.44. The summed E-state index contributed by atoms with van der Waals surface area (Å²) in [6.07, 6.45) is 3.86. The summed E-state index contributed by atoms with van der Waals surface area (Å²) in [4.78, 5) is 12.3. The third-order valence-electron chi connectivity index (χ3n) is 3.43. The van der Waals surface area contributed by atoms with E-state index >= 15 is 0 Å². The second-order valence-electron chi connectivity index (χ2n) is 4.53. The van der Waals surface area contributed by atoms with Crippen LogP contribution in [0.15, 0.2) is 12.1 Å². The van der Waals surface area contributed by atoms with Gasteiger partial charge in [-0.1, -0.05) is 12.8 Å². The van der Waals surface area contributed by atoms with Crippen LogP contribution in [0.2, 0.25) is 0 Å². The highest BCUT2D eigenvalue weighted by atomic mass is 16.5. The summed E-state index contributed by atoms with van der Waals surface area (Å²) < 4.78 is 4.94. The van der Waals surface area contributed by atoms with Gasteiger partial charge >= 0.3 is 0 Å². The zero-order chi connectivity index (χ0) is 13.1. The molecule has 4 nitrogen and oxygen atoms in total. The first-order valence-electron chi connectivity index (χ1n) is 6.02. The van der Waals surface area contributed by atoms with E-state index in [-0.39, 0.29) is 28.8 Å². The van der Waals surface area contributed by atoms with E-state index in [2.05, 4.69) is 0 Å². The molecule has 0 aliphatic heterocycles. The van der Waals surface area contributed by atoms with Gasteiger partial charge in [-0.25, -0.2) is 0 Å². The van der Waals surface area contributed by atoms with Crippen molar-refractivity contribution in [3.8, 4) is 17.6 Å². The highest BCUT2D eigenvalue weighted by molar-refractivity contribution is 6.00. The lowest BCUT2D eigenvalue weighted by Crippen LogP contribution is -2.12. The first-order chi connectivity index (χ1) is 8.67. The Morgan fingerprint density at radius 1 is 1.44 bits per heavy atom. The Morgan fingerprint density at radius 2 is 2.11 bits per heavy atom. The van der Waals surface area contributed by atoms with Gasteiger partial charge in [0, 0.05) is 17.5 Å². The first-order valence-corrected chi connectivity index (χ1v) is 6.02. The molecule has 2 rings (SSSR count). The molecule has 1 saturated carbocycles. The number of nitrogens with zero attached hydrogens (tertiary/aromatic N) is 1. The van der Waals surface area contributed by atoms with Crippen LogP contribution < -0.4 is 4.74 Å². The minimum Gasteiger partial charge on any atom is -0.504 e. The Morgan fingerprint density at radius 3 is 2.67 bits per heavy atom. The predicted octanol–water partition coefficient (Wildman–Crippen LogP) is 2.65. The number of phenols is 1. The molecule has 1 fully saturated rings. The number of hydrogen-bond donors (Lipinski definition) is 1. The quantitative estimate of drug-likeness (QED) is 0.831. The molecule has 0 spiro atoms. The van der Waals surface area contributed by atoms with E-state index in [1.54, 1.807) is 0 Å². The van der Waals surface area contributed by atoms with Crippen LogP contribution in [0, 0.1) is 17.2 Å². The fourth-order valence-corrected chi connectivity index (χ4v) is 2.44. The number of carbonyl (C=O) groups is 1. The lowest BCUT2D eigenvalue weighted by molar-refractivity contribution is 0.0922. The maximum Gasteiger partial charge on any atom is 0.167 e. The topological polar surface area (TPSA) is 70.3 Å². The molecule has 1 aromatic rings. The van der Waals surface area contributed by atoms with Crippen LogP contribution in [0.1, 0.15) is 41.6 Å². The van der Waals surface area contributed by atoms with Crippen LogP contribution in [-0.4, -0.2) is 18.0 Å². The molecule has 1 aliphatic rings. The van der Waals surface area contributed by atoms with Gasteiger partial charge in [0.2, 0.25) is 0 Å². The van der Waals surface area contributed by atoms with Crippen LogP contribution in [0.3, 0.4) is 0 Å². The van der Waals surface area contributed by atoms with Crippen molar-refractivity contribution < 1.29 is 14.6 Å². The lowest BCUT2D eigenvalue weighted by Gasteiger charge is -2.11. The minimum atomic E-state index is -0.0992. The average molecular weight is 245 g/mol. The molecule has 0 saturated heterocycles. The molecule has 0 aromatic heterocycles. The van der Waals surface area contributed by atoms with E-state index in [1.807, 2.05) is 6.07 Å². The number of ether oxygens (including phenoxy) is 1. The van der Waals surface area contributed by atoms with Gasteiger partial charge in [0.05, 0.1) is 12.7 Å². The number of hydrogen-bond acceptors (Lipinski definition) is 4. The van der Waals surface area contributed by atoms with Crippen LogP contribution in [-0.2, 0) is 0 Å². The number of rotatable bonds is 3. The molecule has 4 heteroatoms. The summed E-state index contributed by atoms with van der Waals surface area (Å²) in [5.74, 6) is 0.0688. The van der Waals surface area contributed by atoms with Gasteiger partial charge in [-0.2, -0.15) is 5.26 Å². The van der Waals surface area contributed by atoms with Gasteiger partial charge < -0.3 is 9.84 Å². The molecule has 0 bridgehead atoms. The fraction of sp³-hybridized carbons (Fsp3) is 0.429. The van der Waals surface area contributed by atoms with Crippen molar-refractivity contribution in [2.75, 3.05) is 7.11 Å². The molecular formula is C14H15NO3. The zero-order valence-corrected chi connectivity index (χ0v) is 10.3. The first kappa shape index (κ1) is 12.4. The number of carbonyl (C=O) groups excluding carboxylic acids is 1. The second kappa shape index (κ2) is 5.09. The standard InChI is InChI=1S/C14H15NO3/c1-18-13-6-10(8-15)11(7-12(13)16)14(17)9-4-2-3-5-9/h6-7,9,16H,2-5H2,1H3. The Hall–Kier alpha value is -2.02. The van der Waals surface area contributed by atoms with E-state index < -0.39 is 0 Å². The van der Waals surface area contributed by atoms with Crippen molar-refractivity contribution in [2.24, 2.45) is 5.92 Å². The van der Waals surface area contributed by atoms with E-state index in [9.17, 15) is 9.90 Å². The highest BCUT2D eigenvalue weighted by Gasteiger charge is 2.26. The van der Waals surface area contributed by atoms with Crippen molar-refractivity contribution in [2.45, 2.75) is 25.7 Å². The molecule has 94 valence electrons. The van der Waals surface area contributed by atoms with Gasteiger partial charge in [0.1, 0.15) is 6.07 Å². The number of nitriles is 1. The van der Waals surface area contributed by atoms with Crippen LogP contribution in [0.25, 0.3) is 0 Å². The van der Waals surface area contributed by atoms with Gasteiger partial charge in [-0.3, -0.25) is 4.79 Å². The minimum absolute atomic E-state index is 0.00936. The Labute approximate surface area is 106 Å². The maximum absolute atomic E-state index is 12.3. The molecule has 18 heavy (non-hydrogen) atoms. The Balaban J connectivity index is 2.40. The molecule has 0 amide bonds. The SMILES string of the molecule is COc1cc(C#N)c(C(=O)C2CCCC2)cc1O. The molecule has 0 unspecified atom stereocenters. The second-order valence-corrected chi connectivity index (χ2v) is 4.53. The van der Waals surface area contributed by atoms with Crippen molar-refractivity contribution >= 4 is 5.78 Å². The summed E-state index contributed by atoms with van der Waals surface area (Å²) in [6, 6.07) is 4.75. The summed E-state index contributed by atoms with van der Waals surface area (Å²) >= 11 is 0. The molecule has 0 radical (unpaired) electrons. The molecule has 1 N–H and O–H groups in total. The number of methoxy groups -OCH3 is 1. The summed E-state index contributed by atoms with van der Waals surface area (Å²) in [5, 5.41) is 18.8. The summed E-state index contributed by atoms with van der Waals surface area (Å²) in [6.45, 7) is 0.